The highest BCUT2D eigenvalue weighted by Gasteiger charge is 2.38. The van der Waals surface area contributed by atoms with Crippen LogP contribution in [0, 0.1) is 0 Å². The maximum Gasteiger partial charge on any atom is 0.412 e. The van der Waals surface area contributed by atoms with Crippen molar-refractivity contribution in [2.75, 3.05) is 13.2 Å². The summed E-state index contributed by atoms with van der Waals surface area (Å²) in [5, 5.41) is 1.29. The van der Waals surface area contributed by atoms with E-state index in [-0.39, 0.29) is 27.1 Å². The molecule has 0 N–H and O–H groups in total. The first-order valence-electron chi connectivity index (χ1n) is 6.94. The third-order valence-corrected chi connectivity index (χ3v) is 5.68. The average molecular weight is 401 g/mol. The van der Waals surface area contributed by atoms with Gasteiger partial charge in [-0.3, -0.25) is 9.69 Å². The third-order valence-electron chi connectivity index (χ3n) is 2.94. The summed E-state index contributed by atoms with van der Waals surface area (Å²) < 4.78 is 10.2. The Hall–Kier alpha value is -1.34. The number of hydrogen-bond donors (Lipinski definition) is 0. The Balaban J connectivity index is 2.95. The zero-order valence-electron chi connectivity index (χ0n) is 12.9. The highest BCUT2D eigenvalue weighted by molar-refractivity contribution is 7.99. The van der Waals surface area contributed by atoms with Gasteiger partial charge in [-0.15, -0.1) is 0 Å². The molecule has 0 saturated heterocycles. The van der Waals surface area contributed by atoms with Crippen LogP contribution in [0.3, 0.4) is 0 Å². The number of nitrogens with zero attached hydrogens (tertiary/aromatic N) is 1. The van der Waals surface area contributed by atoms with Crippen LogP contribution in [-0.2, 0) is 32.7 Å². The summed E-state index contributed by atoms with van der Waals surface area (Å²) in [4.78, 5) is 25.4. The van der Waals surface area contributed by atoms with E-state index in [4.69, 9.17) is 45.7 Å². The van der Waals surface area contributed by atoms with E-state index < -0.39 is 17.3 Å². The molecule has 0 aromatic heterocycles. The van der Waals surface area contributed by atoms with Crippen molar-refractivity contribution in [1.82, 2.24) is 4.90 Å². The van der Waals surface area contributed by atoms with Gasteiger partial charge >= 0.3 is 12.1 Å². The number of esters is 1. The summed E-state index contributed by atoms with van der Waals surface area (Å²) in [6.45, 7) is 1.57. The fraction of sp³-hybridized carbons (Fsp3) is 0.333. The maximum absolute atomic E-state index is 12.5. The number of carbonyl (C=O) groups excluding carboxylic acids is 2. The van der Waals surface area contributed by atoms with Crippen molar-refractivity contribution in [3.63, 3.8) is 0 Å². The van der Waals surface area contributed by atoms with Gasteiger partial charge in [-0.05, 0) is 12.5 Å². The summed E-state index contributed by atoms with van der Waals surface area (Å²) >= 11 is 15.0. The normalized spacial score (nSPS) is 10.7. The average Bonchev–Trinajstić information content (AvgIpc) is 2.61. The van der Waals surface area contributed by atoms with Gasteiger partial charge in [0.1, 0.15) is 13.2 Å². The van der Waals surface area contributed by atoms with Crippen molar-refractivity contribution in [2.45, 2.75) is 18.8 Å². The Labute approximate surface area is 158 Å². The van der Waals surface area contributed by atoms with Gasteiger partial charge in [0.05, 0.1) is 6.61 Å². The molecule has 0 aliphatic carbocycles. The van der Waals surface area contributed by atoms with Crippen LogP contribution < -0.4 is 0 Å². The molecular weight excluding hydrogens is 385 g/mol. The highest BCUT2D eigenvalue weighted by Crippen LogP contribution is 2.26. The number of hydrogen-bond acceptors (Lipinski definition) is 7. The van der Waals surface area contributed by atoms with Crippen molar-refractivity contribution < 1.29 is 19.1 Å². The minimum absolute atomic E-state index is 0.0538. The second-order valence-corrected chi connectivity index (χ2v) is 6.46. The number of rotatable bonds is 9. The lowest BCUT2D eigenvalue weighted by atomic mass is 10.2. The molecule has 0 unspecified atom stereocenters. The number of carbonyl (C=O) groups is 2. The fourth-order valence-corrected chi connectivity index (χ4v) is 3.86. The maximum atomic E-state index is 12.5. The van der Waals surface area contributed by atoms with Gasteiger partial charge in [0.15, 0.2) is 5.28 Å². The molecular formula is C15H16NO4PS3. The summed E-state index contributed by atoms with van der Waals surface area (Å²) in [6.07, 6.45) is -0.744. The number of amides is 1. The Morgan fingerprint density at radius 1 is 1.21 bits per heavy atom. The molecule has 0 fully saturated rings. The molecule has 1 amide bonds. The molecule has 0 aliphatic rings. The largest absolute Gasteiger partial charge is 0.465 e. The SMILES string of the molecule is CCOC(=O)CN(C(=O)OCc1ccccc1)C(C=S)(C=S)P=S. The van der Waals surface area contributed by atoms with Gasteiger partial charge in [-0.2, -0.15) is 0 Å². The van der Waals surface area contributed by atoms with E-state index in [1.54, 1.807) is 6.92 Å². The van der Waals surface area contributed by atoms with Crippen LogP contribution >= 0.6 is 31.8 Å². The molecule has 9 heteroatoms. The smallest absolute Gasteiger partial charge is 0.412 e. The number of ether oxygens (including phenoxy) is 2. The van der Waals surface area contributed by atoms with Crippen LogP contribution in [-0.4, -0.2) is 46.1 Å². The standard InChI is InChI=1S/C15H16NO4PS3/c1-2-19-13(17)8-16(15(10-22,11-23)21-24)14(18)20-9-12-6-4-3-5-7-12/h3-7,10-11H,2,8-9H2,1H3. The molecule has 128 valence electrons. The van der Waals surface area contributed by atoms with E-state index in [1.165, 1.54) is 10.7 Å². The fourth-order valence-electron chi connectivity index (χ4n) is 1.72. The quantitative estimate of drug-likeness (QED) is 0.358. The molecule has 0 spiro atoms. The van der Waals surface area contributed by atoms with Gasteiger partial charge < -0.3 is 9.47 Å². The molecule has 24 heavy (non-hydrogen) atoms. The lowest BCUT2D eigenvalue weighted by Crippen LogP contribution is -2.52. The second-order valence-electron chi connectivity index (χ2n) is 4.54. The minimum atomic E-state index is -1.24. The minimum Gasteiger partial charge on any atom is -0.465 e. The van der Waals surface area contributed by atoms with Gasteiger partial charge in [-0.25, -0.2) is 4.79 Å². The molecule has 5 nitrogen and oxygen atoms in total. The third kappa shape index (κ3) is 5.63. The Morgan fingerprint density at radius 2 is 1.83 bits per heavy atom. The molecule has 0 aliphatic heterocycles. The lowest BCUT2D eigenvalue weighted by molar-refractivity contribution is -0.144. The van der Waals surface area contributed by atoms with Crippen LogP contribution in [0.2, 0.25) is 0 Å². The molecule has 0 heterocycles. The van der Waals surface area contributed by atoms with E-state index in [2.05, 4.69) is 0 Å². The van der Waals surface area contributed by atoms with Crippen LogP contribution in [0.4, 0.5) is 4.79 Å². The van der Waals surface area contributed by atoms with E-state index in [1.807, 2.05) is 30.3 Å². The molecule has 0 radical (unpaired) electrons. The van der Waals surface area contributed by atoms with Gasteiger partial charge in [0.2, 0.25) is 0 Å². The zero-order chi connectivity index (χ0) is 18.0. The first-order valence-corrected chi connectivity index (χ1v) is 9.79. The molecule has 0 saturated carbocycles. The van der Waals surface area contributed by atoms with Crippen LogP contribution in [0.15, 0.2) is 30.3 Å². The van der Waals surface area contributed by atoms with Gasteiger partial charge in [0, 0.05) is 18.1 Å². The van der Waals surface area contributed by atoms with E-state index in [0.29, 0.717) is 0 Å². The van der Waals surface area contributed by atoms with Gasteiger partial charge in [0.25, 0.3) is 0 Å². The second kappa shape index (κ2) is 10.5. The Bertz CT molecular complexity index is 590. The van der Waals surface area contributed by atoms with Crippen molar-refractivity contribution in [1.29, 1.82) is 0 Å². The van der Waals surface area contributed by atoms with Crippen molar-refractivity contribution in [3.8, 4) is 0 Å². The zero-order valence-corrected chi connectivity index (χ0v) is 16.3. The first kappa shape index (κ1) is 20.7. The van der Waals surface area contributed by atoms with E-state index in [9.17, 15) is 9.59 Å². The summed E-state index contributed by atoms with van der Waals surface area (Å²) in [5.41, 5.74) is 0.813. The van der Waals surface area contributed by atoms with Gasteiger partial charge in [-0.1, -0.05) is 66.6 Å². The van der Waals surface area contributed by atoms with Crippen LogP contribution in [0.5, 0.6) is 0 Å². The molecule has 1 aromatic carbocycles. The Kier molecular flexibility index (Phi) is 9.07. The lowest BCUT2D eigenvalue weighted by Gasteiger charge is -2.32. The van der Waals surface area contributed by atoms with Crippen molar-refractivity contribution in [2.24, 2.45) is 0 Å². The summed E-state index contributed by atoms with van der Waals surface area (Å²) in [5.74, 6) is -0.592. The molecule has 0 atom stereocenters. The predicted molar refractivity (Wildman–Crippen MR) is 104 cm³/mol. The first-order chi connectivity index (χ1) is 11.5. The number of thiocarbonyl (C=S) groups is 2. The summed E-state index contributed by atoms with van der Waals surface area (Å²) in [7, 11) is 0.281. The molecule has 1 aromatic rings. The Morgan fingerprint density at radius 3 is 2.33 bits per heavy atom. The van der Waals surface area contributed by atoms with Crippen LogP contribution in [0.1, 0.15) is 12.5 Å². The highest BCUT2D eigenvalue weighted by atomic mass is 32.4. The topological polar surface area (TPSA) is 55.8 Å². The monoisotopic (exact) mass is 401 g/mol. The van der Waals surface area contributed by atoms with Crippen molar-refractivity contribution in [3.05, 3.63) is 35.9 Å². The number of benzene rings is 1. The predicted octanol–water partition coefficient (Wildman–Crippen LogP) is 3.29. The van der Waals surface area contributed by atoms with Crippen molar-refractivity contribution >= 4 is 66.4 Å². The molecule has 1 rings (SSSR count). The molecule has 0 bridgehead atoms. The van der Waals surface area contributed by atoms with E-state index >= 15 is 0 Å². The van der Waals surface area contributed by atoms with Crippen LogP contribution in [0.25, 0.3) is 0 Å². The van der Waals surface area contributed by atoms with E-state index in [0.717, 1.165) is 10.5 Å². The summed E-state index contributed by atoms with van der Waals surface area (Å²) in [6, 6.07) is 9.16.